The molecule has 0 saturated carbocycles. The summed E-state index contributed by atoms with van der Waals surface area (Å²) in [4.78, 5) is 24.3. The zero-order valence-corrected chi connectivity index (χ0v) is 16.3. The monoisotopic (exact) mass is 406 g/mol. The molecule has 3 N–H and O–H groups in total. The molecule has 0 heterocycles. The zero-order valence-electron chi connectivity index (χ0n) is 15.5. The molecular weight excluding hydrogens is 384 g/mol. The first-order valence-corrected chi connectivity index (χ1v) is 10.3. The molecule has 2 rings (SSSR count). The van der Waals surface area contributed by atoms with Crippen molar-refractivity contribution in [2.24, 2.45) is 0 Å². The average Bonchev–Trinajstić information content (AvgIpc) is 2.64. The molecule has 1 unspecified atom stereocenters. The molecule has 0 saturated heterocycles. The number of phenolic OH excluding ortho intramolecular Hbond substituents is 1. The second-order valence-corrected chi connectivity index (χ2v) is 8.31. The highest BCUT2D eigenvalue weighted by molar-refractivity contribution is 7.93. The average molecular weight is 406 g/mol. The van der Waals surface area contributed by atoms with E-state index in [4.69, 9.17) is 4.74 Å². The van der Waals surface area contributed by atoms with Gasteiger partial charge in [-0.2, -0.15) is 0 Å². The van der Waals surface area contributed by atoms with Gasteiger partial charge in [-0.05, 0) is 62.4 Å². The van der Waals surface area contributed by atoms with Gasteiger partial charge < -0.3 is 20.5 Å². The molecule has 9 heteroatoms. The van der Waals surface area contributed by atoms with Gasteiger partial charge in [-0.1, -0.05) is 0 Å². The molecule has 0 aliphatic carbocycles. The van der Waals surface area contributed by atoms with Crippen molar-refractivity contribution in [2.45, 2.75) is 19.1 Å². The SMILES string of the molecule is CCOc1ccc(NC(=O)CS(=O)(=O)C(C)C(=O)Nc2ccc(O)cc2)cc1. The third-order valence-electron chi connectivity index (χ3n) is 3.82. The summed E-state index contributed by atoms with van der Waals surface area (Å²) >= 11 is 0. The van der Waals surface area contributed by atoms with Crippen LogP contribution in [0.15, 0.2) is 48.5 Å². The second kappa shape index (κ2) is 9.23. The molecule has 28 heavy (non-hydrogen) atoms. The summed E-state index contributed by atoms with van der Waals surface area (Å²) in [6.45, 7) is 3.57. The Bertz CT molecular complexity index is 924. The molecule has 0 aromatic heterocycles. The first kappa shape index (κ1) is 21.2. The number of carbonyl (C=O) groups is 2. The number of rotatable bonds is 8. The number of hydrogen-bond donors (Lipinski definition) is 3. The van der Waals surface area contributed by atoms with E-state index in [1.54, 1.807) is 24.3 Å². The van der Waals surface area contributed by atoms with Crippen LogP contribution in [-0.2, 0) is 19.4 Å². The lowest BCUT2D eigenvalue weighted by Crippen LogP contribution is -2.37. The molecule has 8 nitrogen and oxygen atoms in total. The highest BCUT2D eigenvalue weighted by Crippen LogP contribution is 2.17. The van der Waals surface area contributed by atoms with Gasteiger partial charge in [0.1, 0.15) is 22.5 Å². The van der Waals surface area contributed by atoms with Crippen molar-refractivity contribution in [3.63, 3.8) is 0 Å². The predicted octanol–water partition coefficient (Wildman–Crippen LogP) is 2.17. The van der Waals surface area contributed by atoms with Gasteiger partial charge in [0.2, 0.25) is 11.8 Å². The van der Waals surface area contributed by atoms with E-state index in [0.29, 0.717) is 23.7 Å². The van der Waals surface area contributed by atoms with Gasteiger partial charge in [0.25, 0.3) is 0 Å². The van der Waals surface area contributed by atoms with Gasteiger partial charge in [0.05, 0.1) is 6.61 Å². The number of phenols is 1. The Hall–Kier alpha value is -3.07. The van der Waals surface area contributed by atoms with E-state index in [1.165, 1.54) is 31.2 Å². The summed E-state index contributed by atoms with van der Waals surface area (Å²) in [5.41, 5.74) is 0.758. The van der Waals surface area contributed by atoms with Crippen LogP contribution in [0.1, 0.15) is 13.8 Å². The minimum atomic E-state index is -4.02. The topological polar surface area (TPSA) is 122 Å². The van der Waals surface area contributed by atoms with Crippen LogP contribution in [-0.4, -0.2) is 42.9 Å². The molecule has 0 aliphatic heterocycles. The van der Waals surface area contributed by atoms with Gasteiger partial charge in [-0.25, -0.2) is 8.42 Å². The summed E-state index contributed by atoms with van der Waals surface area (Å²) in [6.07, 6.45) is 0. The van der Waals surface area contributed by atoms with Crippen molar-refractivity contribution in [3.05, 3.63) is 48.5 Å². The van der Waals surface area contributed by atoms with E-state index in [1.807, 2.05) is 6.92 Å². The lowest BCUT2D eigenvalue weighted by atomic mass is 10.3. The maximum atomic E-state index is 12.4. The molecule has 2 aromatic carbocycles. The predicted molar refractivity (Wildman–Crippen MR) is 106 cm³/mol. The first-order chi connectivity index (χ1) is 13.2. The number of hydrogen-bond acceptors (Lipinski definition) is 6. The van der Waals surface area contributed by atoms with Crippen molar-refractivity contribution >= 4 is 33.0 Å². The summed E-state index contributed by atoms with van der Waals surface area (Å²) in [6, 6.07) is 12.1. The quantitative estimate of drug-likeness (QED) is 0.578. The van der Waals surface area contributed by atoms with Crippen molar-refractivity contribution in [3.8, 4) is 11.5 Å². The van der Waals surface area contributed by atoms with E-state index >= 15 is 0 Å². The number of benzene rings is 2. The molecule has 2 aromatic rings. The second-order valence-electron chi connectivity index (χ2n) is 5.99. The van der Waals surface area contributed by atoms with Gasteiger partial charge >= 0.3 is 0 Å². The number of anilines is 2. The Balaban J connectivity index is 1.95. The molecule has 0 fully saturated rings. The van der Waals surface area contributed by atoms with Crippen molar-refractivity contribution in [1.82, 2.24) is 0 Å². The minimum Gasteiger partial charge on any atom is -0.508 e. The van der Waals surface area contributed by atoms with Crippen molar-refractivity contribution in [2.75, 3.05) is 23.0 Å². The Kier molecular flexibility index (Phi) is 7.00. The highest BCUT2D eigenvalue weighted by atomic mass is 32.2. The normalized spacial score (nSPS) is 12.1. The van der Waals surface area contributed by atoms with Crippen LogP contribution in [0.3, 0.4) is 0 Å². The molecule has 1 atom stereocenters. The molecule has 0 bridgehead atoms. The molecule has 0 spiro atoms. The molecular formula is C19H22N2O6S. The zero-order chi connectivity index (χ0) is 20.7. The van der Waals surface area contributed by atoms with Crippen LogP contribution in [0.5, 0.6) is 11.5 Å². The third kappa shape index (κ3) is 5.98. The maximum Gasteiger partial charge on any atom is 0.242 e. The summed E-state index contributed by atoms with van der Waals surface area (Å²) in [5.74, 6) is -1.69. The van der Waals surface area contributed by atoms with Crippen LogP contribution >= 0.6 is 0 Å². The number of ether oxygens (including phenoxy) is 1. The highest BCUT2D eigenvalue weighted by Gasteiger charge is 2.30. The Morgan fingerprint density at radius 1 is 1.00 bits per heavy atom. The van der Waals surface area contributed by atoms with Crippen molar-refractivity contribution in [1.29, 1.82) is 0 Å². The Morgan fingerprint density at radius 2 is 1.54 bits per heavy atom. The van der Waals surface area contributed by atoms with E-state index in [2.05, 4.69) is 10.6 Å². The van der Waals surface area contributed by atoms with Crippen LogP contribution in [0.4, 0.5) is 11.4 Å². The lowest BCUT2D eigenvalue weighted by Gasteiger charge is -2.13. The van der Waals surface area contributed by atoms with E-state index in [-0.39, 0.29) is 5.75 Å². The standard InChI is InChI=1S/C19H22N2O6S/c1-3-27-17-10-6-14(7-11-17)20-18(23)12-28(25,26)13(2)19(24)21-15-4-8-16(22)9-5-15/h4-11,13,22H,3,12H2,1-2H3,(H,20,23)(H,21,24). The van der Waals surface area contributed by atoms with Gasteiger partial charge in [0, 0.05) is 11.4 Å². The van der Waals surface area contributed by atoms with E-state index in [9.17, 15) is 23.1 Å². The number of sulfone groups is 1. The van der Waals surface area contributed by atoms with Crippen LogP contribution in [0, 0.1) is 0 Å². The molecule has 150 valence electrons. The molecule has 0 radical (unpaired) electrons. The van der Waals surface area contributed by atoms with E-state index in [0.717, 1.165) is 0 Å². The van der Waals surface area contributed by atoms with Gasteiger partial charge in [0.15, 0.2) is 9.84 Å². The summed E-state index contributed by atoms with van der Waals surface area (Å²) < 4.78 is 30.0. The number of aromatic hydroxyl groups is 1. The fraction of sp³-hybridized carbons (Fsp3) is 0.263. The number of amides is 2. The fourth-order valence-corrected chi connectivity index (χ4v) is 3.33. The Morgan fingerprint density at radius 3 is 2.11 bits per heavy atom. The van der Waals surface area contributed by atoms with Crippen LogP contribution < -0.4 is 15.4 Å². The minimum absolute atomic E-state index is 0.0182. The van der Waals surface area contributed by atoms with Gasteiger partial charge in [-0.3, -0.25) is 9.59 Å². The van der Waals surface area contributed by atoms with Gasteiger partial charge in [-0.15, -0.1) is 0 Å². The third-order valence-corrected chi connectivity index (χ3v) is 5.78. The number of nitrogens with one attached hydrogen (secondary N) is 2. The van der Waals surface area contributed by atoms with Crippen LogP contribution in [0.2, 0.25) is 0 Å². The summed E-state index contributed by atoms with van der Waals surface area (Å²) in [7, 11) is -4.02. The smallest absolute Gasteiger partial charge is 0.242 e. The lowest BCUT2D eigenvalue weighted by molar-refractivity contribution is -0.115. The molecule has 2 amide bonds. The Labute approximate surface area is 163 Å². The van der Waals surface area contributed by atoms with E-state index < -0.39 is 32.7 Å². The van der Waals surface area contributed by atoms with Crippen molar-refractivity contribution < 1.29 is 27.9 Å². The summed E-state index contributed by atoms with van der Waals surface area (Å²) in [5, 5.41) is 12.7. The number of carbonyl (C=O) groups excluding carboxylic acids is 2. The maximum absolute atomic E-state index is 12.4. The fourth-order valence-electron chi connectivity index (χ4n) is 2.26. The van der Waals surface area contributed by atoms with Crippen LogP contribution in [0.25, 0.3) is 0 Å². The largest absolute Gasteiger partial charge is 0.508 e. The molecule has 0 aliphatic rings. The first-order valence-electron chi connectivity index (χ1n) is 8.55.